The zero-order chi connectivity index (χ0) is 18.7. The third kappa shape index (κ3) is 4.17. The fourth-order valence-electron chi connectivity index (χ4n) is 2.11. The van der Waals surface area contributed by atoms with Crippen LogP contribution in [0.1, 0.15) is 5.56 Å². The lowest BCUT2D eigenvalue weighted by Gasteiger charge is -2.05. The van der Waals surface area contributed by atoms with Crippen molar-refractivity contribution in [3.05, 3.63) is 54.1 Å². The highest BCUT2D eigenvalue weighted by molar-refractivity contribution is 7.80. The molecule has 0 spiro atoms. The molecule has 0 saturated carbocycles. The van der Waals surface area contributed by atoms with E-state index in [1.807, 2.05) is 0 Å². The van der Waals surface area contributed by atoms with Crippen LogP contribution in [0.15, 0.2) is 53.1 Å². The summed E-state index contributed by atoms with van der Waals surface area (Å²) in [6.07, 6.45) is -4.39. The number of benzene rings is 2. The van der Waals surface area contributed by atoms with Gasteiger partial charge in [-0.2, -0.15) is 18.2 Å². The number of rotatable bonds is 5. The van der Waals surface area contributed by atoms with Crippen molar-refractivity contribution in [2.75, 3.05) is 6.61 Å². The summed E-state index contributed by atoms with van der Waals surface area (Å²) in [5.41, 5.74) is 5.68. The fourth-order valence-corrected chi connectivity index (χ4v) is 2.17. The zero-order valence-corrected chi connectivity index (χ0v) is 14.0. The minimum absolute atomic E-state index is 0.132. The van der Waals surface area contributed by atoms with Crippen molar-refractivity contribution in [2.45, 2.75) is 6.18 Å². The molecule has 26 heavy (non-hydrogen) atoms. The van der Waals surface area contributed by atoms with Crippen molar-refractivity contribution in [2.24, 2.45) is 5.73 Å². The van der Waals surface area contributed by atoms with Crippen molar-refractivity contribution in [3.8, 4) is 28.6 Å². The van der Waals surface area contributed by atoms with Gasteiger partial charge in [-0.05, 0) is 36.4 Å². The van der Waals surface area contributed by atoms with Crippen molar-refractivity contribution >= 4 is 17.2 Å². The van der Waals surface area contributed by atoms with Crippen LogP contribution >= 0.6 is 12.2 Å². The van der Waals surface area contributed by atoms with Crippen molar-refractivity contribution in [1.82, 2.24) is 10.1 Å². The first-order chi connectivity index (χ1) is 12.3. The van der Waals surface area contributed by atoms with Gasteiger partial charge >= 0.3 is 6.18 Å². The molecule has 0 fully saturated rings. The smallest absolute Gasteiger partial charge is 0.416 e. The second kappa shape index (κ2) is 7.12. The Kier molecular flexibility index (Phi) is 4.90. The van der Waals surface area contributed by atoms with Gasteiger partial charge in [0.2, 0.25) is 5.82 Å². The minimum Gasteiger partial charge on any atom is -0.487 e. The molecule has 0 aliphatic heterocycles. The van der Waals surface area contributed by atoms with E-state index in [1.165, 1.54) is 12.1 Å². The molecular weight excluding hydrogens is 367 g/mol. The summed E-state index contributed by atoms with van der Waals surface area (Å²) in [5.74, 6) is 1.01. The first kappa shape index (κ1) is 17.9. The Morgan fingerprint density at radius 3 is 2.23 bits per heavy atom. The summed E-state index contributed by atoms with van der Waals surface area (Å²) in [5, 5.41) is 3.80. The molecule has 0 atom stereocenters. The Morgan fingerprint density at radius 1 is 1.04 bits per heavy atom. The van der Waals surface area contributed by atoms with Gasteiger partial charge in [-0.3, -0.25) is 0 Å². The van der Waals surface area contributed by atoms with E-state index in [0.717, 1.165) is 12.1 Å². The molecule has 0 aliphatic rings. The maximum Gasteiger partial charge on any atom is 0.416 e. The summed E-state index contributed by atoms with van der Waals surface area (Å²) < 4.78 is 48.3. The number of aromatic nitrogens is 2. The number of halogens is 3. The van der Waals surface area contributed by atoms with Crippen molar-refractivity contribution in [1.29, 1.82) is 0 Å². The highest BCUT2D eigenvalue weighted by Gasteiger charge is 2.30. The van der Waals surface area contributed by atoms with Crippen LogP contribution in [0.5, 0.6) is 5.75 Å². The van der Waals surface area contributed by atoms with Crippen LogP contribution in [0.3, 0.4) is 0 Å². The third-order valence-electron chi connectivity index (χ3n) is 3.38. The van der Waals surface area contributed by atoms with Gasteiger partial charge in [-0.1, -0.05) is 29.5 Å². The Bertz CT molecular complexity index is 906. The molecule has 0 aliphatic carbocycles. The predicted molar refractivity (Wildman–Crippen MR) is 92.5 cm³/mol. The molecule has 3 aromatic rings. The van der Waals surface area contributed by atoms with Gasteiger partial charge in [0.15, 0.2) is 0 Å². The van der Waals surface area contributed by atoms with Crippen molar-refractivity contribution < 1.29 is 22.4 Å². The average Bonchev–Trinajstić information content (AvgIpc) is 3.10. The van der Waals surface area contributed by atoms with E-state index in [4.69, 9.17) is 27.2 Å². The number of nitrogens with two attached hydrogens (primary N) is 1. The SMILES string of the molecule is NC(=S)COc1ccc(-c2nc(-c3ccc(C(F)(F)F)cc3)no2)cc1. The van der Waals surface area contributed by atoms with E-state index < -0.39 is 11.7 Å². The highest BCUT2D eigenvalue weighted by atomic mass is 32.1. The molecule has 1 heterocycles. The van der Waals surface area contributed by atoms with E-state index in [-0.39, 0.29) is 23.3 Å². The molecule has 134 valence electrons. The predicted octanol–water partition coefficient (Wildman–Crippen LogP) is 4.09. The van der Waals surface area contributed by atoms with Gasteiger partial charge < -0.3 is 15.0 Å². The maximum atomic E-state index is 12.6. The van der Waals surface area contributed by atoms with Gasteiger partial charge in [-0.25, -0.2) is 0 Å². The zero-order valence-electron chi connectivity index (χ0n) is 13.2. The monoisotopic (exact) mass is 379 g/mol. The van der Waals surface area contributed by atoms with Gasteiger partial charge in [0, 0.05) is 11.1 Å². The summed E-state index contributed by atoms with van der Waals surface area (Å²) in [4.78, 5) is 4.45. The van der Waals surface area contributed by atoms with Crippen LogP contribution in [0.25, 0.3) is 22.8 Å². The lowest BCUT2D eigenvalue weighted by molar-refractivity contribution is -0.137. The van der Waals surface area contributed by atoms with Crippen LogP contribution < -0.4 is 10.5 Å². The molecule has 0 amide bonds. The Balaban J connectivity index is 1.76. The Labute approximate surface area is 151 Å². The topological polar surface area (TPSA) is 74.2 Å². The van der Waals surface area contributed by atoms with E-state index in [0.29, 0.717) is 16.9 Å². The van der Waals surface area contributed by atoms with Crippen LogP contribution in [0.4, 0.5) is 13.2 Å². The van der Waals surface area contributed by atoms with Crippen LogP contribution in [0, 0.1) is 0 Å². The number of alkyl halides is 3. The number of nitrogens with zero attached hydrogens (tertiary/aromatic N) is 2. The second-order valence-corrected chi connectivity index (χ2v) is 5.80. The number of thiocarbonyl (C=S) groups is 1. The molecule has 2 N–H and O–H groups in total. The molecule has 0 radical (unpaired) electrons. The molecular formula is C17H12F3N3O2S. The van der Waals surface area contributed by atoms with Crippen LogP contribution in [-0.2, 0) is 6.18 Å². The minimum atomic E-state index is -4.39. The van der Waals surface area contributed by atoms with E-state index in [2.05, 4.69) is 10.1 Å². The largest absolute Gasteiger partial charge is 0.487 e. The highest BCUT2D eigenvalue weighted by Crippen LogP contribution is 2.31. The van der Waals surface area contributed by atoms with Crippen LogP contribution in [-0.4, -0.2) is 21.7 Å². The third-order valence-corrected chi connectivity index (χ3v) is 3.50. The molecule has 0 bridgehead atoms. The average molecular weight is 379 g/mol. The van der Waals surface area contributed by atoms with E-state index >= 15 is 0 Å². The van der Waals surface area contributed by atoms with Gasteiger partial charge in [-0.15, -0.1) is 0 Å². The first-order valence-electron chi connectivity index (χ1n) is 7.36. The summed E-state index contributed by atoms with van der Waals surface area (Å²) in [6.45, 7) is 0.132. The number of hydrogen-bond donors (Lipinski definition) is 1. The van der Waals surface area contributed by atoms with E-state index in [1.54, 1.807) is 24.3 Å². The quantitative estimate of drug-likeness (QED) is 0.673. The standard InChI is InChI=1S/C17H12F3N3O2S/c18-17(19,20)12-5-1-10(2-6-12)15-22-16(25-23-15)11-3-7-13(8-4-11)24-9-14(21)26/h1-8H,9H2,(H2,21,26). The maximum absolute atomic E-state index is 12.6. The lowest BCUT2D eigenvalue weighted by atomic mass is 10.1. The molecule has 2 aromatic carbocycles. The van der Waals surface area contributed by atoms with Gasteiger partial charge in [0.05, 0.1) is 5.56 Å². The molecule has 0 saturated heterocycles. The second-order valence-electron chi connectivity index (χ2n) is 5.28. The van der Waals surface area contributed by atoms with Crippen LogP contribution in [0.2, 0.25) is 0 Å². The summed E-state index contributed by atoms with van der Waals surface area (Å²) in [7, 11) is 0. The van der Waals surface area contributed by atoms with Gasteiger partial charge in [0.25, 0.3) is 5.89 Å². The normalized spacial score (nSPS) is 11.3. The van der Waals surface area contributed by atoms with E-state index in [9.17, 15) is 13.2 Å². The van der Waals surface area contributed by atoms with Crippen molar-refractivity contribution in [3.63, 3.8) is 0 Å². The van der Waals surface area contributed by atoms with Gasteiger partial charge in [0.1, 0.15) is 17.3 Å². The molecule has 5 nitrogen and oxygen atoms in total. The fraction of sp³-hybridized carbons (Fsp3) is 0.118. The molecule has 0 unspecified atom stereocenters. The first-order valence-corrected chi connectivity index (χ1v) is 7.76. The Hall–Kier alpha value is -2.94. The summed E-state index contributed by atoms with van der Waals surface area (Å²) >= 11 is 4.73. The number of ether oxygens (including phenoxy) is 1. The number of hydrogen-bond acceptors (Lipinski definition) is 5. The Morgan fingerprint density at radius 2 is 1.65 bits per heavy atom. The summed E-state index contributed by atoms with van der Waals surface area (Å²) in [6, 6.07) is 11.3. The molecule has 3 rings (SSSR count). The molecule has 1 aromatic heterocycles. The lowest BCUT2D eigenvalue weighted by Crippen LogP contribution is -2.17. The molecule has 9 heteroatoms.